The minimum absolute atomic E-state index is 0.882. The summed E-state index contributed by atoms with van der Waals surface area (Å²) < 4.78 is 1.95. The number of halogens is 2. The van der Waals surface area contributed by atoms with E-state index >= 15 is 0 Å². The minimum Gasteiger partial charge on any atom is -0.368 e. The fourth-order valence-corrected chi connectivity index (χ4v) is 2.24. The van der Waals surface area contributed by atoms with Crippen molar-refractivity contribution in [1.82, 2.24) is 10.3 Å². The molecule has 0 unspecified atom stereocenters. The van der Waals surface area contributed by atoms with Crippen LogP contribution >= 0.6 is 31.9 Å². The number of nitrogens with one attached hydrogen (secondary N) is 2. The van der Waals surface area contributed by atoms with Crippen molar-refractivity contribution < 1.29 is 0 Å². The van der Waals surface area contributed by atoms with Crippen molar-refractivity contribution in [3.63, 3.8) is 0 Å². The molecule has 15 heavy (non-hydrogen) atoms. The quantitative estimate of drug-likeness (QED) is 0.784. The van der Waals surface area contributed by atoms with Crippen LogP contribution in [0.15, 0.2) is 21.2 Å². The van der Waals surface area contributed by atoms with E-state index in [9.17, 15) is 0 Å². The van der Waals surface area contributed by atoms with Crippen LogP contribution in [-0.2, 0) is 0 Å². The van der Waals surface area contributed by atoms with Crippen molar-refractivity contribution in [2.45, 2.75) is 13.3 Å². The third-order valence-corrected chi connectivity index (χ3v) is 2.87. The molecule has 1 heterocycles. The van der Waals surface area contributed by atoms with Crippen LogP contribution in [0.3, 0.4) is 0 Å². The third kappa shape index (κ3) is 4.95. The number of anilines is 1. The highest BCUT2D eigenvalue weighted by atomic mass is 79.9. The molecule has 0 amide bonds. The summed E-state index contributed by atoms with van der Waals surface area (Å²) >= 11 is 6.82. The summed E-state index contributed by atoms with van der Waals surface area (Å²) in [7, 11) is 0. The molecule has 0 bridgehead atoms. The molecule has 84 valence electrons. The fraction of sp³-hybridized carbons (Fsp3) is 0.500. The van der Waals surface area contributed by atoms with Gasteiger partial charge in [0.25, 0.3) is 0 Å². The Morgan fingerprint density at radius 3 is 2.73 bits per heavy atom. The molecule has 0 saturated carbocycles. The van der Waals surface area contributed by atoms with Crippen LogP contribution in [0.4, 0.5) is 5.82 Å². The molecule has 0 aliphatic rings. The van der Waals surface area contributed by atoms with Crippen LogP contribution in [0.1, 0.15) is 13.3 Å². The van der Waals surface area contributed by atoms with Crippen LogP contribution < -0.4 is 10.6 Å². The zero-order valence-corrected chi connectivity index (χ0v) is 11.9. The molecule has 0 atom stereocenters. The molecule has 1 aromatic rings. The van der Waals surface area contributed by atoms with Gasteiger partial charge >= 0.3 is 0 Å². The summed E-state index contributed by atoms with van der Waals surface area (Å²) in [5.74, 6) is 0.886. The molecule has 1 rings (SSSR count). The van der Waals surface area contributed by atoms with Gasteiger partial charge < -0.3 is 10.6 Å². The largest absolute Gasteiger partial charge is 0.368 e. The van der Waals surface area contributed by atoms with Crippen molar-refractivity contribution in [2.24, 2.45) is 0 Å². The van der Waals surface area contributed by atoms with E-state index in [-0.39, 0.29) is 0 Å². The maximum Gasteiger partial charge on any atom is 0.140 e. The van der Waals surface area contributed by atoms with Crippen molar-refractivity contribution in [3.8, 4) is 0 Å². The van der Waals surface area contributed by atoms with Gasteiger partial charge in [-0.15, -0.1) is 0 Å². The highest BCUT2D eigenvalue weighted by molar-refractivity contribution is 9.11. The van der Waals surface area contributed by atoms with E-state index in [1.54, 1.807) is 6.20 Å². The maximum absolute atomic E-state index is 4.26. The summed E-state index contributed by atoms with van der Waals surface area (Å²) in [6.45, 7) is 5.06. The number of hydrogen-bond acceptors (Lipinski definition) is 3. The summed E-state index contributed by atoms with van der Waals surface area (Å²) in [5.41, 5.74) is 0. The maximum atomic E-state index is 4.26. The summed E-state index contributed by atoms with van der Waals surface area (Å²) in [4.78, 5) is 4.26. The number of aromatic nitrogens is 1. The van der Waals surface area contributed by atoms with E-state index in [0.717, 1.165) is 34.4 Å². The first kappa shape index (κ1) is 12.9. The molecule has 0 aromatic carbocycles. The summed E-state index contributed by atoms with van der Waals surface area (Å²) in [5, 5.41) is 6.58. The molecule has 0 radical (unpaired) electrons. The van der Waals surface area contributed by atoms with Crippen LogP contribution in [0, 0.1) is 0 Å². The third-order valence-electron chi connectivity index (χ3n) is 1.83. The number of rotatable bonds is 6. The molecule has 1 aromatic heterocycles. The molecule has 0 saturated heterocycles. The second kappa shape index (κ2) is 7.19. The molecule has 5 heteroatoms. The first-order valence-electron chi connectivity index (χ1n) is 4.99. The van der Waals surface area contributed by atoms with E-state index < -0.39 is 0 Å². The van der Waals surface area contributed by atoms with Gasteiger partial charge in [-0.05, 0) is 50.9 Å². The van der Waals surface area contributed by atoms with Gasteiger partial charge in [0.15, 0.2) is 0 Å². The molecule has 0 aliphatic carbocycles. The Morgan fingerprint density at radius 1 is 1.27 bits per heavy atom. The minimum atomic E-state index is 0.882. The van der Waals surface area contributed by atoms with Gasteiger partial charge in [0.05, 0.1) is 4.47 Å². The van der Waals surface area contributed by atoms with Gasteiger partial charge in [-0.25, -0.2) is 4.98 Å². The first-order valence-corrected chi connectivity index (χ1v) is 6.58. The average Bonchev–Trinajstić information content (AvgIpc) is 2.20. The molecular formula is C10H15Br2N3. The fourth-order valence-electron chi connectivity index (χ4n) is 1.12. The Balaban J connectivity index is 2.31. The van der Waals surface area contributed by atoms with Crippen molar-refractivity contribution in [3.05, 3.63) is 21.2 Å². The highest BCUT2D eigenvalue weighted by Gasteiger charge is 2.00. The van der Waals surface area contributed by atoms with Crippen molar-refractivity contribution in [2.75, 3.05) is 25.0 Å². The van der Waals surface area contributed by atoms with E-state index in [0.29, 0.717) is 0 Å². The zero-order chi connectivity index (χ0) is 11.1. The van der Waals surface area contributed by atoms with Crippen molar-refractivity contribution in [1.29, 1.82) is 0 Å². The number of pyridine rings is 1. The number of nitrogens with zero attached hydrogens (tertiary/aromatic N) is 1. The predicted molar refractivity (Wildman–Crippen MR) is 71.3 cm³/mol. The molecule has 0 aliphatic heterocycles. The Hall–Kier alpha value is -0.130. The molecular weight excluding hydrogens is 322 g/mol. The smallest absolute Gasteiger partial charge is 0.140 e. The Morgan fingerprint density at radius 2 is 2.07 bits per heavy atom. The lowest BCUT2D eigenvalue weighted by Crippen LogP contribution is -2.23. The van der Waals surface area contributed by atoms with E-state index in [4.69, 9.17) is 0 Å². The van der Waals surface area contributed by atoms with Crippen LogP contribution in [0.5, 0.6) is 0 Å². The second-order valence-corrected chi connectivity index (χ2v) is 4.93. The van der Waals surface area contributed by atoms with Gasteiger partial charge in [-0.3, -0.25) is 0 Å². The Kier molecular flexibility index (Phi) is 6.20. The lowest BCUT2D eigenvalue weighted by Gasteiger charge is -2.08. The van der Waals surface area contributed by atoms with Crippen molar-refractivity contribution >= 4 is 37.7 Å². The van der Waals surface area contributed by atoms with Crippen LogP contribution in [0.2, 0.25) is 0 Å². The lowest BCUT2D eigenvalue weighted by molar-refractivity contribution is 0.687. The molecule has 0 fully saturated rings. The Labute approximate surface area is 107 Å². The standard InChI is InChI=1S/C10H15Br2N3/c1-2-3-13-4-5-14-10-9(12)6-8(11)7-15-10/h6-7,13H,2-5H2,1H3,(H,14,15). The van der Waals surface area contributed by atoms with Gasteiger partial charge in [-0.1, -0.05) is 6.92 Å². The molecule has 0 spiro atoms. The SMILES string of the molecule is CCCNCCNc1ncc(Br)cc1Br. The van der Waals surface area contributed by atoms with E-state index in [1.165, 1.54) is 6.42 Å². The highest BCUT2D eigenvalue weighted by Crippen LogP contribution is 2.22. The topological polar surface area (TPSA) is 37.0 Å². The number of hydrogen-bond donors (Lipinski definition) is 2. The second-order valence-electron chi connectivity index (χ2n) is 3.16. The van der Waals surface area contributed by atoms with Crippen LogP contribution in [0.25, 0.3) is 0 Å². The monoisotopic (exact) mass is 335 g/mol. The normalized spacial score (nSPS) is 10.3. The Bertz CT molecular complexity index is 305. The predicted octanol–water partition coefficient (Wildman–Crippen LogP) is 3.02. The molecule has 2 N–H and O–H groups in total. The summed E-state index contributed by atoms with van der Waals surface area (Å²) in [6, 6.07) is 1.98. The van der Waals surface area contributed by atoms with Gasteiger partial charge in [0.1, 0.15) is 5.82 Å². The zero-order valence-electron chi connectivity index (χ0n) is 8.69. The lowest BCUT2D eigenvalue weighted by atomic mass is 10.4. The summed E-state index contributed by atoms with van der Waals surface area (Å²) in [6.07, 6.45) is 2.95. The van der Waals surface area contributed by atoms with Crippen LogP contribution in [-0.4, -0.2) is 24.6 Å². The van der Waals surface area contributed by atoms with Gasteiger partial charge in [-0.2, -0.15) is 0 Å². The van der Waals surface area contributed by atoms with Gasteiger partial charge in [0.2, 0.25) is 0 Å². The molecule has 3 nitrogen and oxygen atoms in total. The average molecular weight is 337 g/mol. The van der Waals surface area contributed by atoms with Gasteiger partial charge in [0, 0.05) is 23.8 Å². The van der Waals surface area contributed by atoms with E-state index in [1.807, 2.05) is 6.07 Å². The first-order chi connectivity index (χ1) is 7.24. The van der Waals surface area contributed by atoms with E-state index in [2.05, 4.69) is 54.4 Å².